The van der Waals surface area contributed by atoms with Gasteiger partial charge in [0.1, 0.15) is 0 Å². The van der Waals surface area contributed by atoms with Gasteiger partial charge in [0.2, 0.25) is 0 Å². The number of para-hydroxylation sites is 1. The normalized spacial score (nSPS) is 10.7. The van der Waals surface area contributed by atoms with Crippen LogP contribution in [-0.2, 0) is 12.8 Å². The van der Waals surface area contributed by atoms with Crippen LogP contribution in [0.4, 0.5) is 0 Å². The third kappa shape index (κ3) is 2.55. The number of aromatic amines is 1. The Labute approximate surface area is 111 Å². The van der Waals surface area contributed by atoms with Crippen LogP contribution in [0.2, 0.25) is 0 Å². The van der Waals surface area contributed by atoms with Crippen LogP contribution in [0.25, 0.3) is 10.9 Å². The van der Waals surface area contributed by atoms with Crippen LogP contribution in [0.15, 0.2) is 59.4 Å². The van der Waals surface area contributed by atoms with Crippen molar-refractivity contribution >= 4 is 10.9 Å². The minimum atomic E-state index is -0.276. The molecule has 3 aromatic rings. The first-order valence-corrected chi connectivity index (χ1v) is 6.35. The van der Waals surface area contributed by atoms with Gasteiger partial charge in [-0.1, -0.05) is 48.5 Å². The average Bonchev–Trinajstić information content (AvgIpc) is 2.45. The van der Waals surface area contributed by atoms with Crippen LogP contribution < -0.4 is 5.69 Å². The first-order chi connectivity index (χ1) is 9.33. The summed E-state index contributed by atoms with van der Waals surface area (Å²) < 4.78 is 0. The van der Waals surface area contributed by atoms with Crippen molar-refractivity contribution in [3.8, 4) is 0 Å². The number of rotatable bonds is 3. The predicted molar refractivity (Wildman–Crippen MR) is 76.2 cm³/mol. The lowest BCUT2D eigenvalue weighted by Gasteiger charge is -2.05. The Balaban J connectivity index is 1.94. The highest BCUT2D eigenvalue weighted by Crippen LogP contribution is 2.14. The monoisotopic (exact) mass is 250 g/mol. The molecule has 3 rings (SSSR count). The summed E-state index contributed by atoms with van der Waals surface area (Å²) in [7, 11) is 0. The third-order valence-corrected chi connectivity index (χ3v) is 3.22. The lowest BCUT2D eigenvalue weighted by atomic mass is 10.1. The standard InChI is InChI=1S/C16H14N2O/c19-16-17-14-9-5-4-8-13(14)15(18-16)11-10-12-6-2-1-3-7-12/h1-9H,10-11H2,(H,17,18,19). The highest BCUT2D eigenvalue weighted by atomic mass is 16.1. The molecule has 0 aliphatic carbocycles. The molecule has 0 fully saturated rings. The Hall–Kier alpha value is -2.42. The predicted octanol–water partition coefficient (Wildman–Crippen LogP) is 2.71. The zero-order chi connectivity index (χ0) is 13.1. The minimum Gasteiger partial charge on any atom is -0.309 e. The van der Waals surface area contributed by atoms with Crippen LogP contribution in [-0.4, -0.2) is 9.97 Å². The van der Waals surface area contributed by atoms with Gasteiger partial charge in [0.15, 0.2) is 0 Å². The van der Waals surface area contributed by atoms with Gasteiger partial charge in [-0.2, -0.15) is 4.98 Å². The second kappa shape index (κ2) is 5.06. The van der Waals surface area contributed by atoms with E-state index in [-0.39, 0.29) is 5.69 Å². The summed E-state index contributed by atoms with van der Waals surface area (Å²) in [4.78, 5) is 18.4. The number of nitrogens with zero attached hydrogens (tertiary/aromatic N) is 1. The van der Waals surface area contributed by atoms with Crippen molar-refractivity contribution in [3.05, 3.63) is 76.3 Å². The lowest BCUT2D eigenvalue weighted by molar-refractivity contribution is 0.901. The lowest BCUT2D eigenvalue weighted by Crippen LogP contribution is -2.13. The Morgan fingerprint density at radius 3 is 2.47 bits per heavy atom. The highest BCUT2D eigenvalue weighted by Gasteiger charge is 2.04. The largest absolute Gasteiger partial charge is 0.345 e. The molecule has 3 heteroatoms. The van der Waals surface area contributed by atoms with Crippen molar-refractivity contribution in [2.75, 3.05) is 0 Å². The first kappa shape index (κ1) is 11.7. The number of aromatic nitrogens is 2. The molecule has 0 bridgehead atoms. The van der Waals surface area contributed by atoms with Gasteiger partial charge >= 0.3 is 5.69 Å². The van der Waals surface area contributed by atoms with Gasteiger partial charge in [0.05, 0.1) is 5.52 Å². The topological polar surface area (TPSA) is 45.8 Å². The number of benzene rings is 2. The molecule has 1 heterocycles. The SMILES string of the molecule is O=c1nc2ccccc2c(CCc2ccccc2)[nH]1. The van der Waals surface area contributed by atoms with E-state index >= 15 is 0 Å². The van der Waals surface area contributed by atoms with Crippen molar-refractivity contribution in [2.45, 2.75) is 12.8 Å². The maximum absolute atomic E-state index is 11.5. The molecule has 0 amide bonds. The van der Waals surface area contributed by atoms with Crippen molar-refractivity contribution in [1.29, 1.82) is 0 Å². The molecule has 0 aliphatic rings. The molecule has 0 atom stereocenters. The van der Waals surface area contributed by atoms with Gasteiger partial charge in [-0.25, -0.2) is 4.79 Å². The van der Waals surface area contributed by atoms with Gasteiger partial charge in [0.25, 0.3) is 0 Å². The van der Waals surface area contributed by atoms with Crippen molar-refractivity contribution < 1.29 is 0 Å². The molecular weight excluding hydrogens is 236 g/mol. The van der Waals surface area contributed by atoms with Gasteiger partial charge in [-0.3, -0.25) is 0 Å². The molecule has 0 saturated carbocycles. The summed E-state index contributed by atoms with van der Waals surface area (Å²) in [6.07, 6.45) is 1.72. The average molecular weight is 250 g/mol. The summed E-state index contributed by atoms with van der Waals surface area (Å²) >= 11 is 0. The molecule has 0 radical (unpaired) electrons. The Morgan fingerprint density at radius 2 is 1.63 bits per heavy atom. The van der Waals surface area contributed by atoms with E-state index in [1.54, 1.807) is 0 Å². The quantitative estimate of drug-likeness (QED) is 0.776. The molecule has 0 saturated heterocycles. The molecular formula is C16H14N2O. The number of aryl methyl sites for hydroxylation is 2. The minimum absolute atomic E-state index is 0.276. The molecule has 0 aliphatic heterocycles. The Bertz CT molecular complexity index is 747. The van der Waals surface area contributed by atoms with Crippen molar-refractivity contribution in [2.24, 2.45) is 0 Å². The van der Waals surface area contributed by atoms with Gasteiger partial charge in [-0.05, 0) is 24.5 Å². The molecule has 3 nitrogen and oxygen atoms in total. The Kier molecular flexibility index (Phi) is 3.11. The van der Waals surface area contributed by atoms with Gasteiger partial charge in [-0.15, -0.1) is 0 Å². The molecule has 19 heavy (non-hydrogen) atoms. The first-order valence-electron chi connectivity index (χ1n) is 6.35. The maximum Gasteiger partial charge on any atom is 0.345 e. The van der Waals surface area contributed by atoms with E-state index in [1.807, 2.05) is 42.5 Å². The maximum atomic E-state index is 11.5. The summed E-state index contributed by atoms with van der Waals surface area (Å²) in [5.74, 6) is 0. The van der Waals surface area contributed by atoms with E-state index in [0.717, 1.165) is 29.4 Å². The van der Waals surface area contributed by atoms with Crippen LogP contribution >= 0.6 is 0 Å². The number of nitrogens with one attached hydrogen (secondary N) is 1. The fourth-order valence-electron chi connectivity index (χ4n) is 2.27. The van der Waals surface area contributed by atoms with E-state index in [4.69, 9.17) is 0 Å². The second-order valence-corrected chi connectivity index (χ2v) is 4.52. The van der Waals surface area contributed by atoms with E-state index < -0.39 is 0 Å². The van der Waals surface area contributed by atoms with Crippen LogP contribution in [0.3, 0.4) is 0 Å². The molecule has 2 aromatic carbocycles. The molecule has 0 spiro atoms. The fourth-order valence-corrected chi connectivity index (χ4v) is 2.27. The van der Waals surface area contributed by atoms with Gasteiger partial charge in [0, 0.05) is 11.1 Å². The Morgan fingerprint density at radius 1 is 0.895 bits per heavy atom. The number of hydrogen-bond acceptors (Lipinski definition) is 2. The smallest absolute Gasteiger partial charge is 0.309 e. The van der Waals surface area contributed by atoms with Crippen LogP contribution in [0.5, 0.6) is 0 Å². The van der Waals surface area contributed by atoms with E-state index in [1.165, 1.54) is 5.56 Å². The molecule has 0 unspecified atom stereocenters. The van der Waals surface area contributed by atoms with E-state index in [0.29, 0.717) is 0 Å². The number of H-pyrrole nitrogens is 1. The number of hydrogen-bond donors (Lipinski definition) is 1. The molecule has 1 aromatic heterocycles. The zero-order valence-electron chi connectivity index (χ0n) is 10.5. The van der Waals surface area contributed by atoms with Crippen LogP contribution in [0.1, 0.15) is 11.3 Å². The van der Waals surface area contributed by atoms with Crippen molar-refractivity contribution in [3.63, 3.8) is 0 Å². The summed E-state index contributed by atoms with van der Waals surface area (Å²) in [6.45, 7) is 0. The van der Waals surface area contributed by atoms with E-state index in [9.17, 15) is 4.79 Å². The summed E-state index contributed by atoms with van der Waals surface area (Å²) in [6, 6.07) is 18.0. The van der Waals surface area contributed by atoms with Crippen molar-refractivity contribution in [1.82, 2.24) is 9.97 Å². The summed E-state index contributed by atoms with van der Waals surface area (Å²) in [5.41, 5.74) is 2.71. The third-order valence-electron chi connectivity index (χ3n) is 3.22. The molecule has 94 valence electrons. The fraction of sp³-hybridized carbons (Fsp3) is 0.125. The van der Waals surface area contributed by atoms with Gasteiger partial charge < -0.3 is 4.98 Å². The van der Waals surface area contributed by atoms with E-state index in [2.05, 4.69) is 22.1 Å². The molecule has 1 N–H and O–H groups in total. The highest BCUT2D eigenvalue weighted by molar-refractivity contribution is 5.80. The summed E-state index contributed by atoms with van der Waals surface area (Å²) in [5, 5.41) is 1.03. The van der Waals surface area contributed by atoms with Crippen LogP contribution in [0, 0.1) is 0 Å². The zero-order valence-corrected chi connectivity index (χ0v) is 10.5. The second-order valence-electron chi connectivity index (χ2n) is 4.52. The number of fused-ring (bicyclic) bond motifs is 1.